The third-order valence-electron chi connectivity index (χ3n) is 6.08. The summed E-state index contributed by atoms with van der Waals surface area (Å²) in [6, 6.07) is 2.54. The molecule has 2 rings (SSSR count). The summed E-state index contributed by atoms with van der Waals surface area (Å²) in [5, 5.41) is 23.7. The zero-order chi connectivity index (χ0) is 19.1. The lowest BCUT2D eigenvalue weighted by Gasteiger charge is -2.46. The fourth-order valence-corrected chi connectivity index (χ4v) is 5.95. The first-order valence-electron chi connectivity index (χ1n) is 9.09. The maximum atomic E-state index is 10.7. The van der Waals surface area contributed by atoms with Crippen LogP contribution in [0, 0.1) is 23.2 Å². The minimum absolute atomic E-state index is 0.00477. The fraction of sp³-hybridized carbons (Fsp3) is 0.789. The predicted octanol–water partition coefficient (Wildman–Crippen LogP) is 5.07. The van der Waals surface area contributed by atoms with Gasteiger partial charge in [0.15, 0.2) is 13.9 Å². The average molecular weight is 381 g/mol. The van der Waals surface area contributed by atoms with E-state index in [1.807, 2.05) is 19.2 Å². The van der Waals surface area contributed by atoms with E-state index in [9.17, 15) is 10.4 Å². The summed E-state index contributed by atoms with van der Waals surface area (Å²) < 4.78 is 6.81. The van der Waals surface area contributed by atoms with Crippen LogP contribution in [-0.2, 0) is 10.0 Å². The molecule has 0 spiro atoms. The first-order valence-corrected chi connectivity index (χ1v) is 12.9. The van der Waals surface area contributed by atoms with Gasteiger partial charge in [0.25, 0.3) is 0 Å². The topological polar surface area (TPSA) is 66.1 Å². The van der Waals surface area contributed by atoms with Crippen molar-refractivity contribution >= 4 is 19.7 Å². The molecule has 3 atom stereocenters. The Morgan fingerprint density at radius 2 is 1.84 bits per heavy atom. The Balaban J connectivity index is 2.57. The second-order valence-corrected chi connectivity index (χ2v) is 15.0. The SMILES string of the molecule is CC(C)(O)C1CCCC1C(C#N)(O[Si](C)(C)C(C)(C)C)c1nccs1. The van der Waals surface area contributed by atoms with Gasteiger partial charge in [-0.25, -0.2) is 4.98 Å². The highest BCUT2D eigenvalue weighted by Crippen LogP contribution is 2.53. The van der Waals surface area contributed by atoms with Crippen molar-refractivity contribution < 1.29 is 9.53 Å². The van der Waals surface area contributed by atoms with Crippen molar-refractivity contribution in [3.63, 3.8) is 0 Å². The lowest BCUT2D eigenvalue weighted by atomic mass is 9.74. The molecular formula is C19H32N2O2SSi. The van der Waals surface area contributed by atoms with Crippen LogP contribution in [0.3, 0.4) is 0 Å². The van der Waals surface area contributed by atoms with Crippen molar-refractivity contribution in [1.82, 2.24) is 4.98 Å². The van der Waals surface area contributed by atoms with Gasteiger partial charge in [-0.05, 0) is 50.7 Å². The number of aromatic nitrogens is 1. The van der Waals surface area contributed by atoms with Crippen LogP contribution < -0.4 is 0 Å². The molecule has 3 unspecified atom stereocenters. The molecule has 1 aliphatic carbocycles. The second kappa shape index (κ2) is 6.77. The van der Waals surface area contributed by atoms with Crippen LogP contribution in [0.5, 0.6) is 0 Å². The van der Waals surface area contributed by atoms with Crippen LogP contribution in [0.25, 0.3) is 0 Å². The van der Waals surface area contributed by atoms with Gasteiger partial charge in [0.2, 0.25) is 0 Å². The first kappa shape index (κ1) is 20.6. The Hall–Kier alpha value is -0.743. The second-order valence-electron chi connectivity index (χ2n) is 9.34. The van der Waals surface area contributed by atoms with E-state index < -0.39 is 19.5 Å². The predicted molar refractivity (Wildman–Crippen MR) is 105 cm³/mol. The van der Waals surface area contributed by atoms with E-state index in [1.165, 1.54) is 11.3 Å². The maximum Gasteiger partial charge on any atom is 0.199 e. The van der Waals surface area contributed by atoms with E-state index in [0.717, 1.165) is 24.3 Å². The Morgan fingerprint density at radius 3 is 2.28 bits per heavy atom. The van der Waals surface area contributed by atoms with Gasteiger partial charge in [-0.1, -0.05) is 27.2 Å². The number of hydrogen-bond donors (Lipinski definition) is 1. The maximum absolute atomic E-state index is 10.7. The van der Waals surface area contributed by atoms with Crippen LogP contribution in [0.4, 0.5) is 0 Å². The molecule has 0 aromatic carbocycles. The highest BCUT2D eigenvalue weighted by molar-refractivity contribution is 7.09. The molecule has 1 N–H and O–H groups in total. The molecule has 25 heavy (non-hydrogen) atoms. The van der Waals surface area contributed by atoms with Crippen molar-refractivity contribution in [2.75, 3.05) is 0 Å². The summed E-state index contributed by atoms with van der Waals surface area (Å²) in [4.78, 5) is 4.50. The third-order valence-corrected chi connectivity index (χ3v) is 11.4. The van der Waals surface area contributed by atoms with Gasteiger partial charge in [-0.3, -0.25) is 0 Å². The number of nitriles is 1. The molecule has 4 nitrogen and oxygen atoms in total. The quantitative estimate of drug-likeness (QED) is 0.724. The molecule has 1 aromatic heterocycles. The summed E-state index contributed by atoms with van der Waals surface area (Å²) in [7, 11) is -2.21. The van der Waals surface area contributed by atoms with Crippen molar-refractivity contribution in [2.24, 2.45) is 11.8 Å². The van der Waals surface area contributed by atoms with Gasteiger partial charge in [0, 0.05) is 17.5 Å². The molecule has 140 valence electrons. The largest absolute Gasteiger partial charge is 0.394 e. The summed E-state index contributed by atoms with van der Waals surface area (Å²) in [6.07, 6.45) is 4.56. The van der Waals surface area contributed by atoms with Gasteiger partial charge >= 0.3 is 0 Å². The standard InChI is InChI=1S/C19H32N2O2SSi/c1-17(2,3)25(6,7)23-19(13-20,16-21-11-12-24-16)15-10-8-9-14(15)18(4,5)22/h11-12,14-15,22H,8-10H2,1-7H3. The monoisotopic (exact) mass is 380 g/mol. The van der Waals surface area contributed by atoms with Gasteiger partial charge in [0.05, 0.1) is 5.60 Å². The Bertz CT molecular complexity index is 625. The fourth-order valence-electron chi connectivity index (χ4n) is 3.69. The highest BCUT2D eigenvalue weighted by atomic mass is 32.1. The molecule has 0 amide bonds. The molecule has 1 fully saturated rings. The van der Waals surface area contributed by atoms with Crippen LogP contribution in [0.15, 0.2) is 11.6 Å². The van der Waals surface area contributed by atoms with Crippen molar-refractivity contribution in [3.05, 3.63) is 16.6 Å². The smallest absolute Gasteiger partial charge is 0.199 e. The van der Waals surface area contributed by atoms with E-state index in [1.54, 1.807) is 6.20 Å². The van der Waals surface area contributed by atoms with Crippen molar-refractivity contribution in [3.8, 4) is 6.07 Å². The van der Waals surface area contributed by atoms with E-state index in [2.05, 4.69) is 44.9 Å². The van der Waals surface area contributed by atoms with Crippen LogP contribution in [0.2, 0.25) is 18.1 Å². The molecule has 1 saturated carbocycles. The van der Waals surface area contributed by atoms with E-state index >= 15 is 0 Å². The van der Waals surface area contributed by atoms with Crippen LogP contribution in [0.1, 0.15) is 58.9 Å². The Labute approximate surface area is 157 Å². The Morgan fingerprint density at radius 1 is 1.24 bits per heavy atom. The lowest BCUT2D eigenvalue weighted by molar-refractivity contribution is -0.0553. The number of hydrogen-bond acceptors (Lipinski definition) is 5. The van der Waals surface area contributed by atoms with Gasteiger partial charge in [0.1, 0.15) is 11.1 Å². The molecule has 0 bridgehead atoms. The minimum atomic E-state index is -2.21. The van der Waals surface area contributed by atoms with Gasteiger partial charge < -0.3 is 9.53 Å². The van der Waals surface area contributed by atoms with Crippen molar-refractivity contribution in [2.45, 2.75) is 83.2 Å². The van der Waals surface area contributed by atoms with Crippen LogP contribution in [-0.4, -0.2) is 24.0 Å². The summed E-state index contributed by atoms with van der Waals surface area (Å²) >= 11 is 1.49. The molecule has 1 aromatic rings. The first-order chi connectivity index (χ1) is 11.4. The van der Waals surface area contributed by atoms with E-state index in [-0.39, 0.29) is 16.9 Å². The zero-order valence-electron chi connectivity index (χ0n) is 16.6. The number of rotatable bonds is 5. The lowest BCUT2D eigenvalue weighted by Crippen LogP contribution is -2.53. The number of nitrogens with zero attached hydrogens (tertiary/aromatic N) is 2. The summed E-state index contributed by atoms with van der Waals surface area (Å²) in [5.74, 6) is -0.0152. The molecule has 1 aliphatic rings. The highest BCUT2D eigenvalue weighted by Gasteiger charge is 2.56. The Kier molecular flexibility index (Phi) is 5.57. The molecule has 6 heteroatoms. The third kappa shape index (κ3) is 3.85. The average Bonchev–Trinajstić information content (AvgIpc) is 3.14. The zero-order valence-corrected chi connectivity index (χ0v) is 18.4. The van der Waals surface area contributed by atoms with Crippen LogP contribution >= 0.6 is 11.3 Å². The number of aliphatic hydroxyl groups is 1. The number of thiazole rings is 1. The summed E-state index contributed by atoms with van der Waals surface area (Å²) in [5.41, 5.74) is -1.91. The normalized spacial score (nSPS) is 24.8. The molecular weight excluding hydrogens is 348 g/mol. The minimum Gasteiger partial charge on any atom is -0.394 e. The molecule has 0 saturated heterocycles. The summed E-state index contributed by atoms with van der Waals surface area (Å²) in [6.45, 7) is 14.6. The van der Waals surface area contributed by atoms with E-state index in [4.69, 9.17) is 4.43 Å². The van der Waals surface area contributed by atoms with Gasteiger partial charge in [-0.2, -0.15) is 5.26 Å². The molecule has 0 aliphatic heterocycles. The molecule has 0 radical (unpaired) electrons. The van der Waals surface area contributed by atoms with Crippen molar-refractivity contribution in [1.29, 1.82) is 5.26 Å². The van der Waals surface area contributed by atoms with E-state index in [0.29, 0.717) is 0 Å². The molecule has 1 heterocycles. The van der Waals surface area contributed by atoms with Gasteiger partial charge in [-0.15, -0.1) is 11.3 Å².